The predicted molar refractivity (Wildman–Crippen MR) is 113 cm³/mol. The Balaban J connectivity index is 1.87. The molecular formula is C20H24N6O6. The summed E-state index contributed by atoms with van der Waals surface area (Å²) in [5, 5.41) is 17.9. The molecule has 3 atom stereocenters. The minimum absolute atomic E-state index is 0.240. The van der Waals surface area contributed by atoms with Crippen LogP contribution < -0.4 is 26.7 Å². The second-order valence-electron chi connectivity index (χ2n) is 7.61. The van der Waals surface area contributed by atoms with Crippen LogP contribution in [0.3, 0.4) is 0 Å². The highest BCUT2D eigenvalue weighted by Crippen LogP contribution is 2.39. The molecule has 12 nitrogen and oxygen atoms in total. The van der Waals surface area contributed by atoms with Crippen molar-refractivity contribution in [1.29, 1.82) is 0 Å². The summed E-state index contributed by atoms with van der Waals surface area (Å²) in [4.78, 5) is 61.4. The lowest BCUT2D eigenvalue weighted by Gasteiger charge is -2.28. The van der Waals surface area contributed by atoms with E-state index in [2.05, 4.69) is 15.7 Å². The van der Waals surface area contributed by atoms with Crippen LogP contribution in [0.2, 0.25) is 0 Å². The molecule has 0 aliphatic carbocycles. The Kier molecular flexibility index (Phi) is 6.71. The third-order valence-electron chi connectivity index (χ3n) is 5.24. The molecule has 0 fully saturated rings. The van der Waals surface area contributed by atoms with Crippen LogP contribution in [0.5, 0.6) is 0 Å². The summed E-state index contributed by atoms with van der Waals surface area (Å²) in [6.07, 6.45) is 1.74. The SMILES string of the molecule is CC(=O)N[C@H]1CCc2cccc3c2N(C1=O)[C@H](C(=O)N[C@H](C=NNC(N)=O)CC(=O)O)C3. The van der Waals surface area contributed by atoms with Crippen molar-refractivity contribution >= 4 is 41.6 Å². The molecule has 12 heteroatoms. The first-order valence-corrected chi connectivity index (χ1v) is 9.99. The van der Waals surface area contributed by atoms with Crippen molar-refractivity contribution in [2.24, 2.45) is 10.8 Å². The third-order valence-corrected chi connectivity index (χ3v) is 5.24. The van der Waals surface area contributed by atoms with E-state index in [1.165, 1.54) is 11.8 Å². The summed E-state index contributed by atoms with van der Waals surface area (Å²) < 4.78 is 0. The van der Waals surface area contributed by atoms with E-state index in [0.717, 1.165) is 17.3 Å². The number of aliphatic carboxylic acids is 1. The van der Waals surface area contributed by atoms with Crippen LogP contribution >= 0.6 is 0 Å². The number of nitrogens with two attached hydrogens (primary N) is 1. The van der Waals surface area contributed by atoms with Gasteiger partial charge >= 0.3 is 12.0 Å². The van der Waals surface area contributed by atoms with Crippen LogP contribution in [0, 0.1) is 0 Å². The number of para-hydroxylation sites is 1. The summed E-state index contributed by atoms with van der Waals surface area (Å²) in [5.41, 5.74) is 9.23. The Hall–Kier alpha value is -3.96. The smallest absolute Gasteiger partial charge is 0.332 e. The number of carboxylic acid groups (broad SMARTS) is 1. The predicted octanol–water partition coefficient (Wildman–Crippen LogP) is -0.991. The fourth-order valence-electron chi connectivity index (χ4n) is 4.02. The number of carbonyl (C=O) groups excluding carboxylic acids is 4. The number of amides is 5. The van der Waals surface area contributed by atoms with Crippen LogP contribution in [0.25, 0.3) is 0 Å². The molecule has 2 aliphatic heterocycles. The first-order chi connectivity index (χ1) is 15.2. The van der Waals surface area contributed by atoms with E-state index in [4.69, 9.17) is 10.8 Å². The van der Waals surface area contributed by atoms with Gasteiger partial charge in [0.05, 0.1) is 18.2 Å². The number of benzene rings is 1. The maximum absolute atomic E-state index is 13.3. The van der Waals surface area contributed by atoms with Crippen molar-refractivity contribution in [1.82, 2.24) is 16.1 Å². The van der Waals surface area contributed by atoms with Gasteiger partial charge in [-0.05, 0) is 24.0 Å². The van der Waals surface area contributed by atoms with Gasteiger partial charge in [-0.25, -0.2) is 10.2 Å². The number of primary amides is 1. The van der Waals surface area contributed by atoms with E-state index >= 15 is 0 Å². The van der Waals surface area contributed by atoms with Gasteiger partial charge in [0.2, 0.25) is 17.7 Å². The Bertz CT molecular complexity index is 993. The van der Waals surface area contributed by atoms with Gasteiger partial charge in [0, 0.05) is 19.6 Å². The van der Waals surface area contributed by atoms with Crippen molar-refractivity contribution in [3.63, 3.8) is 0 Å². The summed E-state index contributed by atoms with van der Waals surface area (Å²) in [6, 6.07) is 1.86. The van der Waals surface area contributed by atoms with Crippen LogP contribution in [0.1, 0.15) is 30.9 Å². The molecule has 1 aromatic carbocycles. The zero-order valence-electron chi connectivity index (χ0n) is 17.3. The molecule has 0 bridgehead atoms. The molecular weight excluding hydrogens is 420 g/mol. The molecule has 0 radical (unpaired) electrons. The van der Waals surface area contributed by atoms with Crippen molar-refractivity contribution < 1.29 is 29.1 Å². The van der Waals surface area contributed by atoms with Gasteiger partial charge < -0.3 is 21.5 Å². The highest BCUT2D eigenvalue weighted by atomic mass is 16.4. The fourth-order valence-corrected chi connectivity index (χ4v) is 4.02. The normalized spacial score (nSPS) is 20.3. The van der Waals surface area contributed by atoms with Crippen molar-refractivity contribution in [2.75, 3.05) is 4.90 Å². The standard InChI is InChI=1S/C20H24N6O6/c1-10(27)23-14-6-5-11-3-2-4-12-7-15(26(17(11)12)19(14)31)18(30)24-13(8-16(28)29)9-22-25-20(21)32/h2-4,9,13-15H,5-8H2,1H3,(H,23,27)(H,24,30)(H,28,29)(H3,21,25,32)/t13-,14-,15-/m0/s1. The van der Waals surface area contributed by atoms with Gasteiger partial charge in [-0.1, -0.05) is 18.2 Å². The van der Waals surface area contributed by atoms with Gasteiger partial charge in [-0.2, -0.15) is 5.10 Å². The fraction of sp³-hybridized carbons (Fsp3) is 0.400. The lowest BCUT2D eigenvalue weighted by Crippen LogP contribution is -2.55. The lowest BCUT2D eigenvalue weighted by molar-refractivity contribution is -0.137. The average Bonchev–Trinajstić information content (AvgIpc) is 3.03. The lowest BCUT2D eigenvalue weighted by atomic mass is 10.0. The number of urea groups is 1. The Morgan fingerprint density at radius 2 is 2.03 bits per heavy atom. The molecule has 1 aromatic rings. The van der Waals surface area contributed by atoms with E-state index < -0.39 is 48.4 Å². The van der Waals surface area contributed by atoms with E-state index in [0.29, 0.717) is 18.5 Å². The van der Waals surface area contributed by atoms with Gasteiger partial charge in [0.25, 0.3) is 0 Å². The number of carboxylic acids is 1. The Morgan fingerprint density at radius 1 is 1.31 bits per heavy atom. The molecule has 0 saturated heterocycles. The second kappa shape index (κ2) is 9.45. The molecule has 32 heavy (non-hydrogen) atoms. The Morgan fingerprint density at radius 3 is 2.69 bits per heavy atom. The topological polar surface area (TPSA) is 183 Å². The van der Waals surface area contributed by atoms with Crippen LogP contribution in [0.15, 0.2) is 23.3 Å². The molecule has 170 valence electrons. The number of aryl methyl sites for hydroxylation is 1. The maximum Gasteiger partial charge on any atom is 0.332 e. The molecule has 2 aliphatic rings. The number of rotatable bonds is 7. The highest BCUT2D eigenvalue weighted by molar-refractivity contribution is 6.08. The summed E-state index contributed by atoms with van der Waals surface area (Å²) in [6.45, 7) is 1.32. The van der Waals surface area contributed by atoms with Gasteiger partial charge in [-0.3, -0.25) is 24.1 Å². The number of nitrogens with one attached hydrogen (secondary N) is 3. The number of hydrogen-bond acceptors (Lipinski definition) is 6. The first kappa shape index (κ1) is 22.7. The zero-order valence-corrected chi connectivity index (χ0v) is 17.3. The van der Waals surface area contributed by atoms with Gasteiger partial charge in [0.1, 0.15) is 12.1 Å². The van der Waals surface area contributed by atoms with E-state index in [1.807, 2.05) is 23.6 Å². The van der Waals surface area contributed by atoms with Gasteiger partial charge in [-0.15, -0.1) is 0 Å². The molecule has 3 rings (SSSR count). The molecule has 0 aromatic heterocycles. The molecule has 0 unspecified atom stereocenters. The number of hydrogen-bond donors (Lipinski definition) is 5. The molecule has 5 amide bonds. The average molecular weight is 444 g/mol. The number of carbonyl (C=O) groups is 5. The van der Waals surface area contributed by atoms with E-state index in [1.54, 1.807) is 0 Å². The largest absolute Gasteiger partial charge is 0.481 e. The number of anilines is 1. The number of hydrazone groups is 1. The zero-order chi connectivity index (χ0) is 23.4. The summed E-state index contributed by atoms with van der Waals surface area (Å²) >= 11 is 0. The summed E-state index contributed by atoms with van der Waals surface area (Å²) in [7, 11) is 0. The monoisotopic (exact) mass is 444 g/mol. The Labute approximate surface area is 183 Å². The number of nitrogens with zero attached hydrogens (tertiary/aromatic N) is 2. The van der Waals surface area contributed by atoms with Crippen LogP contribution in [-0.2, 0) is 32.0 Å². The highest BCUT2D eigenvalue weighted by Gasteiger charge is 2.44. The molecule has 0 spiro atoms. The van der Waals surface area contributed by atoms with Crippen LogP contribution in [0.4, 0.5) is 10.5 Å². The second-order valence-corrected chi connectivity index (χ2v) is 7.61. The summed E-state index contributed by atoms with van der Waals surface area (Å²) in [5.74, 6) is -2.53. The van der Waals surface area contributed by atoms with E-state index in [-0.39, 0.29) is 12.3 Å². The molecule has 6 N–H and O–H groups in total. The molecule has 2 heterocycles. The maximum atomic E-state index is 13.3. The quantitative estimate of drug-likeness (QED) is 0.266. The third kappa shape index (κ3) is 5.02. The van der Waals surface area contributed by atoms with Crippen molar-refractivity contribution in [3.8, 4) is 0 Å². The van der Waals surface area contributed by atoms with Crippen molar-refractivity contribution in [3.05, 3.63) is 29.3 Å². The van der Waals surface area contributed by atoms with Crippen LogP contribution in [-0.4, -0.2) is 59.2 Å². The minimum atomic E-state index is -1.20. The van der Waals surface area contributed by atoms with E-state index in [9.17, 15) is 24.0 Å². The first-order valence-electron chi connectivity index (χ1n) is 9.99. The van der Waals surface area contributed by atoms with Gasteiger partial charge in [0.15, 0.2) is 0 Å². The molecule has 0 saturated carbocycles. The minimum Gasteiger partial charge on any atom is -0.481 e. The van der Waals surface area contributed by atoms with Crippen molar-refractivity contribution in [2.45, 2.75) is 50.7 Å².